The minimum Gasteiger partial charge on any atom is -0.358 e. The van der Waals surface area contributed by atoms with Gasteiger partial charge in [0.15, 0.2) is 0 Å². The molecule has 0 atom stereocenters. The summed E-state index contributed by atoms with van der Waals surface area (Å²) >= 11 is 0. The lowest BCUT2D eigenvalue weighted by atomic mass is 10.1. The predicted octanol–water partition coefficient (Wildman–Crippen LogP) is 3.36. The number of hydrogen-bond donors (Lipinski definition) is 2. The van der Waals surface area contributed by atoms with Gasteiger partial charge in [0.2, 0.25) is 5.91 Å². The van der Waals surface area contributed by atoms with E-state index in [1.807, 2.05) is 31.2 Å². The van der Waals surface area contributed by atoms with Crippen LogP contribution in [0.25, 0.3) is 10.9 Å². The molecule has 0 radical (unpaired) electrons. The third kappa shape index (κ3) is 3.55. The number of benzene rings is 2. The van der Waals surface area contributed by atoms with Crippen molar-refractivity contribution < 1.29 is 9.59 Å². The number of carbonyl (C=O) groups excluding carboxylic acids is 2. The molecule has 2 aromatic carbocycles. The fourth-order valence-corrected chi connectivity index (χ4v) is 2.92. The number of nitrogens with zero attached hydrogens (tertiary/aromatic N) is 1. The smallest absolute Gasteiger partial charge is 0.253 e. The Bertz CT molecular complexity index is 941. The molecule has 2 N–H and O–H groups in total. The van der Waals surface area contributed by atoms with E-state index < -0.39 is 0 Å². The van der Waals surface area contributed by atoms with Crippen LogP contribution >= 0.6 is 0 Å². The summed E-state index contributed by atoms with van der Waals surface area (Å²) in [5, 5.41) is 3.94. The molecule has 0 fully saturated rings. The maximum absolute atomic E-state index is 12.5. The van der Waals surface area contributed by atoms with Crippen molar-refractivity contribution in [2.45, 2.75) is 13.3 Å². The van der Waals surface area contributed by atoms with Crippen LogP contribution in [0.15, 0.2) is 48.5 Å². The van der Waals surface area contributed by atoms with Crippen LogP contribution in [0.3, 0.4) is 0 Å². The molecular formula is C20H21N3O2. The van der Waals surface area contributed by atoms with E-state index >= 15 is 0 Å². The number of para-hydroxylation sites is 1. The number of fused-ring (bicyclic) bond motifs is 1. The summed E-state index contributed by atoms with van der Waals surface area (Å²) in [4.78, 5) is 29.3. The fourth-order valence-electron chi connectivity index (χ4n) is 2.92. The zero-order chi connectivity index (χ0) is 18.0. The molecule has 5 nitrogen and oxygen atoms in total. The van der Waals surface area contributed by atoms with Crippen molar-refractivity contribution in [1.82, 2.24) is 9.88 Å². The molecule has 0 aliphatic rings. The second-order valence-corrected chi connectivity index (χ2v) is 6.28. The molecule has 0 spiro atoms. The SMILES string of the molecule is Cc1[nH]c2ccccc2c1CC(=O)Nc1cccc(C(=O)N(C)C)c1. The highest BCUT2D eigenvalue weighted by Gasteiger charge is 2.13. The van der Waals surface area contributed by atoms with Crippen LogP contribution in [-0.4, -0.2) is 35.8 Å². The summed E-state index contributed by atoms with van der Waals surface area (Å²) in [7, 11) is 3.40. The van der Waals surface area contributed by atoms with Gasteiger partial charge in [-0.05, 0) is 36.8 Å². The highest BCUT2D eigenvalue weighted by Crippen LogP contribution is 2.22. The molecule has 0 unspecified atom stereocenters. The Morgan fingerprint density at radius 3 is 2.60 bits per heavy atom. The van der Waals surface area contributed by atoms with Crippen LogP contribution < -0.4 is 5.32 Å². The van der Waals surface area contributed by atoms with Gasteiger partial charge in [0.1, 0.15) is 0 Å². The van der Waals surface area contributed by atoms with E-state index in [0.717, 1.165) is 22.2 Å². The van der Waals surface area contributed by atoms with Gasteiger partial charge in [-0.2, -0.15) is 0 Å². The molecule has 3 rings (SSSR count). The molecule has 5 heteroatoms. The molecule has 1 heterocycles. The molecule has 0 saturated heterocycles. The second-order valence-electron chi connectivity index (χ2n) is 6.28. The Kier molecular flexibility index (Phi) is 4.57. The number of aromatic amines is 1. The van der Waals surface area contributed by atoms with Gasteiger partial charge in [0, 0.05) is 41.9 Å². The predicted molar refractivity (Wildman–Crippen MR) is 99.8 cm³/mol. The van der Waals surface area contributed by atoms with Crippen LogP contribution in [0.2, 0.25) is 0 Å². The van der Waals surface area contributed by atoms with Crippen LogP contribution in [0, 0.1) is 6.92 Å². The van der Waals surface area contributed by atoms with E-state index in [9.17, 15) is 9.59 Å². The monoisotopic (exact) mass is 335 g/mol. The van der Waals surface area contributed by atoms with E-state index in [1.54, 1.807) is 38.4 Å². The number of carbonyl (C=O) groups is 2. The highest BCUT2D eigenvalue weighted by atomic mass is 16.2. The normalized spacial score (nSPS) is 10.7. The van der Waals surface area contributed by atoms with E-state index in [-0.39, 0.29) is 18.2 Å². The maximum atomic E-state index is 12.5. The van der Waals surface area contributed by atoms with Gasteiger partial charge in [0.25, 0.3) is 5.91 Å². The number of H-pyrrole nitrogens is 1. The molecule has 0 saturated carbocycles. The molecule has 25 heavy (non-hydrogen) atoms. The summed E-state index contributed by atoms with van der Waals surface area (Å²) in [6.07, 6.45) is 0.279. The van der Waals surface area contributed by atoms with Crippen LogP contribution in [0.5, 0.6) is 0 Å². The summed E-state index contributed by atoms with van der Waals surface area (Å²) < 4.78 is 0. The minimum absolute atomic E-state index is 0.0939. The highest BCUT2D eigenvalue weighted by molar-refractivity contribution is 5.99. The first-order valence-electron chi connectivity index (χ1n) is 8.13. The third-order valence-electron chi connectivity index (χ3n) is 4.16. The van der Waals surface area contributed by atoms with Gasteiger partial charge in [-0.15, -0.1) is 0 Å². The van der Waals surface area contributed by atoms with Gasteiger partial charge in [0.05, 0.1) is 6.42 Å². The first-order chi connectivity index (χ1) is 12.0. The van der Waals surface area contributed by atoms with Gasteiger partial charge < -0.3 is 15.2 Å². The maximum Gasteiger partial charge on any atom is 0.253 e. The Morgan fingerprint density at radius 1 is 1.08 bits per heavy atom. The first-order valence-corrected chi connectivity index (χ1v) is 8.13. The summed E-state index contributed by atoms with van der Waals surface area (Å²) in [6.45, 7) is 1.97. The Morgan fingerprint density at radius 2 is 1.84 bits per heavy atom. The second kappa shape index (κ2) is 6.81. The molecule has 3 aromatic rings. The lowest BCUT2D eigenvalue weighted by Crippen LogP contribution is -2.22. The van der Waals surface area contributed by atoms with Crippen LogP contribution in [-0.2, 0) is 11.2 Å². The quantitative estimate of drug-likeness (QED) is 0.768. The topological polar surface area (TPSA) is 65.2 Å². The molecule has 0 aliphatic carbocycles. The Balaban J connectivity index is 1.78. The first kappa shape index (κ1) is 16.8. The van der Waals surface area contributed by atoms with Crippen molar-refractivity contribution >= 4 is 28.4 Å². The van der Waals surface area contributed by atoms with Gasteiger partial charge in [-0.3, -0.25) is 9.59 Å². The van der Waals surface area contributed by atoms with Crippen molar-refractivity contribution in [3.05, 3.63) is 65.4 Å². The van der Waals surface area contributed by atoms with E-state index in [4.69, 9.17) is 0 Å². The third-order valence-corrected chi connectivity index (χ3v) is 4.16. The van der Waals surface area contributed by atoms with Crippen molar-refractivity contribution in [2.75, 3.05) is 19.4 Å². The molecule has 2 amide bonds. The molecule has 0 bridgehead atoms. The number of hydrogen-bond acceptors (Lipinski definition) is 2. The summed E-state index contributed by atoms with van der Waals surface area (Å²) in [5.41, 5.74) is 4.18. The van der Waals surface area contributed by atoms with Crippen molar-refractivity contribution in [1.29, 1.82) is 0 Å². The lowest BCUT2D eigenvalue weighted by molar-refractivity contribution is -0.115. The number of amides is 2. The van der Waals surface area contributed by atoms with E-state index in [2.05, 4.69) is 10.3 Å². The zero-order valence-electron chi connectivity index (χ0n) is 14.6. The average Bonchev–Trinajstić information content (AvgIpc) is 2.90. The van der Waals surface area contributed by atoms with Crippen LogP contribution in [0.4, 0.5) is 5.69 Å². The Labute approximate surface area is 146 Å². The number of aryl methyl sites for hydroxylation is 1. The van der Waals surface area contributed by atoms with Gasteiger partial charge in [-0.25, -0.2) is 0 Å². The van der Waals surface area contributed by atoms with E-state index in [1.165, 1.54) is 4.90 Å². The van der Waals surface area contributed by atoms with Gasteiger partial charge in [-0.1, -0.05) is 24.3 Å². The summed E-state index contributed by atoms with van der Waals surface area (Å²) in [5.74, 6) is -0.203. The summed E-state index contributed by atoms with van der Waals surface area (Å²) in [6, 6.07) is 14.9. The van der Waals surface area contributed by atoms with Gasteiger partial charge >= 0.3 is 0 Å². The number of rotatable bonds is 4. The largest absolute Gasteiger partial charge is 0.358 e. The van der Waals surface area contributed by atoms with Crippen LogP contribution in [0.1, 0.15) is 21.6 Å². The Hall–Kier alpha value is -3.08. The number of aromatic nitrogens is 1. The van der Waals surface area contributed by atoms with Crippen molar-refractivity contribution in [3.63, 3.8) is 0 Å². The molecule has 0 aliphatic heterocycles. The number of nitrogens with one attached hydrogen (secondary N) is 2. The van der Waals surface area contributed by atoms with Crippen molar-refractivity contribution in [2.24, 2.45) is 0 Å². The average molecular weight is 335 g/mol. The van der Waals surface area contributed by atoms with E-state index in [0.29, 0.717) is 11.3 Å². The fraction of sp³-hybridized carbons (Fsp3) is 0.200. The zero-order valence-corrected chi connectivity index (χ0v) is 14.6. The van der Waals surface area contributed by atoms with Crippen molar-refractivity contribution in [3.8, 4) is 0 Å². The molecule has 128 valence electrons. The number of anilines is 1. The molecular weight excluding hydrogens is 314 g/mol. The lowest BCUT2D eigenvalue weighted by Gasteiger charge is -2.12. The minimum atomic E-state index is -0.109. The molecule has 1 aromatic heterocycles. The standard InChI is InChI=1S/C20H21N3O2/c1-13-17(16-9-4-5-10-18(16)21-13)12-19(24)22-15-8-6-7-14(11-15)20(25)23(2)3/h4-11,21H,12H2,1-3H3,(H,22,24).